The SMILES string of the molecule is c1cc2cn[nH]c2c(-c2cc3cn[nH]c3nc2-c2cc3cn[nH]c3cn2)n1. The molecule has 0 spiro atoms. The molecule has 0 saturated carbocycles. The maximum Gasteiger partial charge on any atom is 0.155 e. The molecule has 0 unspecified atom stereocenters. The van der Waals surface area contributed by atoms with Gasteiger partial charge in [-0.25, -0.2) is 4.98 Å². The van der Waals surface area contributed by atoms with E-state index in [4.69, 9.17) is 4.98 Å². The smallest absolute Gasteiger partial charge is 0.155 e. The minimum Gasteiger partial charge on any atom is -0.276 e. The topological polar surface area (TPSA) is 125 Å². The van der Waals surface area contributed by atoms with Crippen molar-refractivity contribution in [2.75, 3.05) is 0 Å². The number of H-pyrrole nitrogens is 3. The Morgan fingerprint density at radius 3 is 2.56 bits per heavy atom. The predicted molar refractivity (Wildman–Crippen MR) is 99.7 cm³/mol. The summed E-state index contributed by atoms with van der Waals surface area (Å²) in [6.45, 7) is 0. The van der Waals surface area contributed by atoms with Gasteiger partial charge in [0.2, 0.25) is 0 Å². The highest BCUT2D eigenvalue weighted by atomic mass is 15.1. The summed E-state index contributed by atoms with van der Waals surface area (Å²) in [7, 11) is 0. The summed E-state index contributed by atoms with van der Waals surface area (Å²) in [6, 6.07) is 5.90. The number of fused-ring (bicyclic) bond motifs is 3. The van der Waals surface area contributed by atoms with E-state index >= 15 is 0 Å². The number of nitrogens with zero attached hydrogens (tertiary/aromatic N) is 6. The van der Waals surface area contributed by atoms with Gasteiger partial charge in [0, 0.05) is 27.9 Å². The highest BCUT2D eigenvalue weighted by Crippen LogP contribution is 2.34. The zero-order valence-corrected chi connectivity index (χ0v) is 13.8. The molecule has 128 valence electrons. The van der Waals surface area contributed by atoms with Gasteiger partial charge in [0.15, 0.2) is 5.65 Å². The van der Waals surface area contributed by atoms with E-state index in [1.54, 1.807) is 31.0 Å². The fourth-order valence-electron chi connectivity index (χ4n) is 3.30. The van der Waals surface area contributed by atoms with Gasteiger partial charge in [0.25, 0.3) is 0 Å². The van der Waals surface area contributed by atoms with Crippen molar-refractivity contribution in [1.82, 2.24) is 45.5 Å². The van der Waals surface area contributed by atoms with Crippen LogP contribution in [0.4, 0.5) is 0 Å². The van der Waals surface area contributed by atoms with Crippen LogP contribution in [-0.4, -0.2) is 45.5 Å². The van der Waals surface area contributed by atoms with Crippen LogP contribution in [0.5, 0.6) is 0 Å². The normalized spacial score (nSPS) is 11.7. The molecule has 0 fully saturated rings. The van der Waals surface area contributed by atoms with Crippen molar-refractivity contribution >= 4 is 32.8 Å². The minimum absolute atomic E-state index is 0.694. The summed E-state index contributed by atoms with van der Waals surface area (Å²) >= 11 is 0. The van der Waals surface area contributed by atoms with Crippen molar-refractivity contribution in [3.63, 3.8) is 0 Å². The molecule has 6 aromatic heterocycles. The van der Waals surface area contributed by atoms with Gasteiger partial charge in [0.1, 0.15) is 5.69 Å². The van der Waals surface area contributed by atoms with E-state index in [-0.39, 0.29) is 0 Å². The van der Waals surface area contributed by atoms with E-state index < -0.39 is 0 Å². The Labute approximate surface area is 150 Å². The van der Waals surface area contributed by atoms with Crippen molar-refractivity contribution in [2.45, 2.75) is 0 Å². The maximum atomic E-state index is 4.78. The average molecular weight is 353 g/mol. The van der Waals surface area contributed by atoms with Crippen LogP contribution in [0.25, 0.3) is 55.5 Å². The Bertz CT molecular complexity index is 1440. The molecule has 9 heteroatoms. The van der Waals surface area contributed by atoms with Crippen molar-refractivity contribution in [3.8, 4) is 22.6 Å². The molecule has 0 aliphatic heterocycles. The molecule has 0 bridgehead atoms. The molecule has 3 N–H and O–H groups in total. The van der Waals surface area contributed by atoms with Crippen molar-refractivity contribution in [2.24, 2.45) is 0 Å². The van der Waals surface area contributed by atoms with Gasteiger partial charge in [-0.1, -0.05) is 0 Å². The summed E-state index contributed by atoms with van der Waals surface area (Å²) in [5.41, 5.74) is 5.49. The molecule has 6 aromatic rings. The number of hydrogen-bond donors (Lipinski definition) is 3. The van der Waals surface area contributed by atoms with Gasteiger partial charge in [-0.2, -0.15) is 15.3 Å². The Balaban J connectivity index is 1.70. The van der Waals surface area contributed by atoms with Crippen LogP contribution in [0.1, 0.15) is 0 Å². The summed E-state index contributed by atoms with van der Waals surface area (Å²) in [5.74, 6) is 0. The van der Waals surface area contributed by atoms with E-state index in [0.717, 1.165) is 44.1 Å². The Morgan fingerprint density at radius 1 is 0.704 bits per heavy atom. The molecule has 0 atom stereocenters. The molecule has 6 heterocycles. The second-order valence-corrected chi connectivity index (χ2v) is 6.21. The van der Waals surface area contributed by atoms with Crippen molar-refractivity contribution < 1.29 is 0 Å². The van der Waals surface area contributed by atoms with Crippen LogP contribution >= 0.6 is 0 Å². The molecule has 0 amide bonds. The van der Waals surface area contributed by atoms with Crippen LogP contribution in [-0.2, 0) is 0 Å². The predicted octanol–water partition coefficient (Wildman–Crippen LogP) is 2.83. The molecule has 0 aliphatic carbocycles. The molecule has 6 rings (SSSR count). The lowest BCUT2D eigenvalue weighted by Crippen LogP contribution is -1.95. The Morgan fingerprint density at radius 2 is 1.56 bits per heavy atom. The van der Waals surface area contributed by atoms with Gasteiger partial charge < -0.3 is 0 Å². The average Bonchev–Trinajstić information content (AvgIpc) is 3.45. The van der Waals surface area contributed by atoms with E-state index in [2.05, 4.69) is 40.6 Å². The second kappa shape index (κ2) is 5.18. The molecule has 0 aliphatic rings. The summed E-state index contributed by atoms with van der Waals surface area (Å²) in [5, 5.41) is 24.0. The third-order valence-electron chi connectivity index (χ3n) is 4.61. The summed E-state index contributed by atoms with van der Waals surface area (Å²) in [6.07, 6.45) is 8.81. The van der Waals surface area contributed by atoms with Gasteiger partial charge in [-0.05, 0) is 18.2 Å². The second-order valence-electron chi connectivity index (χ2n) is 6.21. The largest absolute Gasteiger partial charge is 0.276 e. The number of aromatic nitrogens is 9. The maximum absolute atomic E-state index is 4.78. The fraction of sp³-hybridized carbons (Fsp3) is 0. The lowest BCUT2D eigenvalue weighted by atomic mass is 10.0. The van der Waals surface area contributed by atoms with Crippen LogP contribution in [0.3, 0.4) is 0 Å². The van der Waals surface area contributed by atoms with Gasteiger partial charge in [-0.3, -0.25) is 25.3 Å². The van der Waals surface area contributed by atoms with E-state index in [1.165, 1.54) is 0 Å². The standard InChI is InChI=1S/C18H11N9/c1-2-19-17(15-9(1)5-22-26-15)12-3-11-7-23-27-18(11)24-16(12)13-4-10-6-21-25-14(10)8-20-13/h1-8H,(H,21,25)(H,22,26)(H,23,24,27). The van der Waals surface area contributed by atoms with Gasteiger partial charge in [0.05, 0.1) is 47.2 Å². The van der Waals surface area contributed by atoms with Crippen LogP contribution in [0.2, 0.25) is 0 Å². The fourth-order valence-corrected chi connectivity index (χ4v) is 3.30. The first-order chi connectivity index (χ1) is 13.4. The Hall–Kier alpha value is -4.14. The molecule has 27 heavy (non-hydrogen) atoms. The van der Waals surface area contributed by atoms with Crippen LogP contribution in [0, 0.1) is 0 Å². The quantitative estimate of drug-likeness (QED) is 0.439. The molecular weight excluding hydrogens is 342 g/mol. The third kappa shape index (κ3) is 2.05. The van der Waals surface area contributed by atoms with Crippen LogP contribution < -0.4 is 0 Å². The minimum atomic E-state index is 0.694. The highest BCUT2D eigenvalue weighted by molar-refractivity contribution is 5.98. The number of hydrogen-bond acceptors (Lipinski definition) is 6. The molecule has 0 radical (unpaired) electrons. The number of pyridine rings is 3. The summed E-state index contributed by atoms with van der Waals surface area (Å²) in [4.78, 5) is 13.9. The first-order valence-electron chi connectivity index (χ1n) is 8.29. The van der Waals surface area contributed by atoms with E-state index in [1.807, 2.05) is 18.2 Å². The monoisotopic (exact) mass is 353 g/mol. The van der Waals surface area contributed by atoms with Crippen LogP contribution in [0.15, 0.2) is 49.2 Å². The number of rotatable bonds is 2. The lowest BCUT2D eigenvalue weighted by Gasteiger charge is -2.09. The highest BCUT2D eigenvalue weighted by Gasteiger charge is 2.18. The van der Waals surface area contributed by atoms with Gasteiger partial charge >= 0.3 is 0 Å². The van der Waals surface area contributed by atoms with Crippen molar-refractivity contribution in [1.29, 1.82) is 0 Å². The van der Waals surface area contributed by atoms with Crippen molar-refractivity contribution in [3.05, 3.63) is 49.2 Å². The summed E-state index contributed by atoms with van der Waals surface area (Å²) < 4.78 is 0. The Kier molecular flexibility index (Phi) is 2.70. The van der Waals surface area contributed by atoms with E-state index in [9.17, 15) is 0 Å². The van der Waals surface area contributed by atoms with Gasteiger partial charge in [-0.15, -0.1) is 0 Å². The zero-order chi connectivity index (χ0) is 17.8. The number of nitrogens with one attached hydrogen (secondary N) is 3. The third-order valence-corrected chi connectivity index (χ3v) is 4.61. The molecule has 0 saturated heterocycles. The molecule has 9 nitrogen and oxygen atoms in total. The zero-order valence-electron chi connectivity index (χ0n) is 13.8. The first kappa shape index (κ1) is 14.1. The number of aromatic amines is 3. The van der Waals surface area contributed by atoms with E-state index in [0.29, 0.717) is 11.3 Å². The lowest BCUT2D eigenvalue weighted by molar-refractivity contribution is 1.10. The molecule has 0 aromatic carbocycles. The molecular formula is C18H11N9. The first-order valence-corrected chi connectivity index (χ1v) is 8.29.